The maximum absolute atomic E-state index is 11.9. The van der Waals surface area contributed by atoms with Crippen LogP contribution < -0.4 is 11.1 Å². The van der Waals surface area contributed by atoms with E-state index >= 15 is 0 Å². The Labute approximate surface area is 103 Å². The van der Waals surface area contributed by atoms with Gasteiger partial charge in [-0.15, -0.1) is 0 Å². The monoisotopic (exact) mass is 234 g/mol. The number of rotatable bonds is 4. The third-order valence-corrected chi connectivity index (χ3v) is 3.42. The molecule has 0 fully saturated rings. The number of nitrogens with two attached hydrogens (primary N) is 1. The van der Waals surface area contributed by atoms with Crippen molar-refractivity contribution in [3.8, 4) is 0 Å². The largest absolute Gasteiger partial charge is 0.399 e. The van der Waals surface area contributed by atoms with Crippen LogP contribution in [0.4, 0.5) is 5.69 Å². The number of amides is 1. The Hall–Kier alpha value is -1.51. The molecule has 0 aliphatic heterocycles. The molecule has 94 valence electrons. The Morgan fingerprint density at radius 2 is 2.06 bits per heavy atom. The molecule has 0 bridgehead atoms. The lowest BCUT2D eigenvalue weighted by molar-refractivity contribution is 0.0925. The van der Waals surface area contributed by atoms with Crippen molar-refractivity contribution in [1.29, 1.82) is 0 Å². The summed E-state index contributed by atoms with van der Waals surface area (Å²) in [4.78, 5) is 11.9. The van der Waals surface area contributed by atoms with Gasteiger partial charge >= 0.3 is 0 Å². The second-order valence-corrected chi connectivity index (χ2v) is 5.45. The Kier molecular flexibility index (Phi) is 4.16. The fourth-order valence-corrected chi connectivity index (χ4v) is 1.29. The van der Waals surface area contributed by atoms with Crippen LogP contribution in [0, 0.1) is 11.3 Å². The zero-order valence-corrected chi connectivity index (χ0v) is 11.1. The molecule has 0 aromatic heterocycles. The van der Waals surface area contributed by atoms with E-state index in [-0.39, 0.29) is 11.3 Å². The zero-order valence-electron chi connectivity index (χ0n) is 11.1. The SMILES string of the molecule is CC(C)C(C)(C)CNC(=O)c1cccc(N)c1. The lowest BCUT2D eigenvalue weighted by Gasteiger charge is -2.29. The van der Waals surface area contributed by atoms with Gasteiger partial charge in [0, 0.05) is 17.8 Å². The maximum Gasteiger partial charge on any atom is 0.251 e. The third-order valence-electron chi connectivity index (χ3n) is 3.42. The van der Waals surface area contributed by atoms with Crippen molar-refractivity contribution in [2.45, 2.75) is 27.7 Å². The van der Waals surface area contributed by atoms with Gasteiger partial charge in [0.25, 0.3) is 5.91 Å². The average Bonchev–Trinajstić information content (AvgIpc) is 2.25. The molecule has 1 aromatic carbocycles. The van der Waals surface area contributed by atoms with Crippen LogP contribution in [0.5, 0.6) is 0 Å². The molecule has 0 spiro atoms. The van der Waals surface area contributed by atoms with Crippen LogP contribution >= 0.6 is 0 Å². The highest BCUT2D eigenvalue weighted by Gasteiger charge is 2.23. The van der Waals surface area contributed by atoms with E-state index in [0.717, 1.165) is 0 Å². The van der Waals surface area contributed by atoms with Crippen LogP contribution in [-0.4, -0.2) is 12.5 Å². The molecule has 3 nitrogen and oxygen atoms in total. The Morgan fingerprint density at radius 3 is 2.59 bits per heavy atom. The predicted octanol–water partition coefficient (Wildman–Crippen LogP) is 2.68. The van der Waals surface area contributed by atoms with Crippen LogP contribution in [-0.2, 0) is 0 Å². The lowest BCUT2D eigenvalue weighted by atomic mass is 9.81. The van der Waals surface area contributed by atoms with Crippen LogP contribution in [0.1, 0.15) is 38.1 Å². The van der Waals surface area contributed by atoms with Crippen LogP contribution in [0.2, 0.25) is 0 Å². The molecule has 0 saturated heterocycles. The summed E-state index contributed by atoms with van der Waals surface area (Å²) in [6, 6.07) is 7.03. The van der Waals surface area contributed by atoms with E-state index in [2.05, 4.69) is 33.0 Å². The molecular weight excluding hydrogens is 212 g/mol. The maximum atomic E-state index is 11.9. The van der Waals surface area contributed by atoms with Gasteiger partial charge in [-0.2, -0.15) is 0 Å². The molecule has 0 saturated carbocycles. The predicted molar refractivity (Wildman–Crippen MR) is 71.8 cm³/mol. The summed E-state index contributed by atoms with van der Waals surface area (Å²) in [7, 11) is 0. The number of nitrogen functional groups attached to an aromatic ring is 1. The lowest BCUT2D eigenvalue weighted by Crippen LogP contribution is -2.36. The number of carbonyl (C=O) groups excluding carboxylic acids is 1. The molecule has 3 N–H and O–H groups in total. The number of benzene rings is 1. The Morgan fingerprint density at radius 1 is 1.41 bits per heavy atom. The Bertz CT molecular complexity index is 397. The van der Waals surface area contributed by atoms with Crippen LogP contribution in [0.25, 0.3) is 0 Å². The number of hydrogen-bond donors (Lipinski definition) is 2. The summed E-state index contributed by atoms with van der Waals surface area (Å²) < 4.78 is 0. The van der Waals surface area contributed by atoms with Crippen molar-refractivity contribution in [3.63, 3.8) is 0 Å². The van der Waals surface area contributed by atoms with Crippen molar-refractivity contribution < 1.29 is 4.79 Å². The topological polar surface area (TPSA) is 55.1 Å². The number of carbonyl (C=O) groups is 1. The zero-order chi connectivity index (χ0) is 13.1. The number of hydrogen-bond acceptors (Lipinski definition) is 2. The van der Waals surface area contributed by atoms with E-state index in [9.17, 15) is 4.79 Å². The van der Waals surface area contributed by atoms with Crippen molar-refractivity contribution in [1.82, 2.24) is 5.32 Å². The second kappa shape index (κ2) is 5.21. The van der Waals surface area contributed by atoms with Gasteiger partial charge in [-0.3, -0.25) is 4.79 Å². The highest BCUT2D eigenvalue weighted by Crippen LogP contribution is 2.24. The second-order valence-electron chi connectivity index (χ2n) is 5.45. The molecule has 1 amide bonds. The van der Waals surface area contributed by atoms with Crippen molar-refractivity contribution >= 4 is 11.6 Å². The molecule has 1 rings (SSSR count). The molecule has 0 radical (unpaired) electrons. The summed E-state index contributed by atoms with van der Waals surface area (Å²) in [5, 5.41) is 2.95. The van der Waals surface area contributed by atoms with Gasteiger partial charge in [-0.1, -0.05) is 33.8 Å². The summed E-state index contributed by atoms with van der Waals surface area (Å²) in [5.74, 6) is 0.453. The van der Waals surface area contributed by atoms with E-state index < -0.39 is 0 Å². The van der Waals surface area contributed by atoms with Crippen molar-refractivity contribution in [2.75, 3.05) is 12.3 Å². The van der Waals surface area contributed by atoms with Gasteiger partial charge in [-0.05, 0) is 29.5 Å². The third kappa shape index (κ3) is 3.77. The van der Waals surface area contributed by atoms with Gasteiger partial charge < -0.3 is 11.1 Å². The highest BCUT2D eigenvalue weighted by atomic mass is 16.1. The standard InChI is InChI=1S/C14H22N2O/c1-10(2)14(3,4)9-16-13(17)11-6-5-7-12(15)8-11/h5-8,10H,9,15H2,1-4H3,(H,16,17). The fourth-order valence-electron chi connectivity index (χ4n) is 1.29. The molecule has 17 heavy (non-hydrogen) atoms. The minimum atomic E-state index is -0.0639. The quantitative estimate of drug-likeness (QED) is 0.787. The summed E-state index contributed by atoms with van der Waals surface area (Å²) in [5.41, 5.74) is 6.97. The van der Waals surface area contributed by atoms with Crippen molar-refractivity contribution in [2.24, 2.45) is 11.3 Å². The van der Waals surface area contributed by atoms with Gasteiger partial charge in [0.05, 0.1) is 0 Å². The minimum Gasteiger partial charge on any atom is -0.399 e. The van der Waals surface area contributed by atoms with Crippen LogP contribution in [0.15, 0.2) is 24.3 Å². The fraction of sp³-hybridized carbons (Fsp3) is 0.500. The normalized spacial score (nSPS) is 11.6. The highest BCUT2D eigenvalue weighted by molar-refractivity contribution is 5.94. The molecule has 3 heteroatoms. The van der Waals surface area contributed by atoms with E-state index in [1.54, 1.807) is 24.3 Å². The molecular formula is C14H22N2O. The average molecular weight is 234 g/mol. The first kappa shape index (κ1) is 13.6. The molecule has 0 heterocycles. The summed E-state index contributed by atoms with van der Waals surface area (Å²) in [6.07, 6.45) is 0. The van der Waals surface area contributed by atoms with Gasteiger partial charge in [0.2, 0.25) is 0 Å². The molecule has 1 aromatic rings. The van der Waals surface area contributed by atoms with E-state index in [0.29, 0.717) is 23.7 Å². The smallest absolute Gasteiger partial charge is 0.251 e. The molecule has 0 atom stereocenters. The van der Waals surface area contributed by atoms with E-state index in [1.165, 1.54) is 0 Å². The van der Waals surface area contributed by atoms with Crippen molar-refractivity contribution in [3.05, 3.63) is 29.8 Å². The molecule has 0 aliphatic carbocycles. The number of anilines is 1. The van der Waals surface area contributed by atoms with E-state index in [4.69, 9.17) is 5.73 Å². The summed E-state index contributed by atoms with van der Waals surface area (Å²) in [6.45, 7) is 9.28. The summed E-state index contributed by atoms with van der Waals surface area (Å²) >= 11 is 0. The van der Waals surface area contributed by atoms with Gasteiger partial charge in [0.15, 0.2) is 0 Å². The van der Waals surface area contributed by atoms with Crippen LogP contribution in [0.3, 0.4) is 0 Å². The first-order valence-electron chi connectivity index (χ1n) is 5.96. The first-order valence-corrected chi connectivity index (χ1v) is 5.96. The minimum absolute atomic E-state index is 0.0639. The van der Waals surface area contributed by atoms with E-state index in [1.807, 2.05) is 0 Å². The first-order chi connectivity index (χ1) is 7.83. The Balaban J connectivity index is 2.62. The van der Waals surface area contributed by atoms with Gasteiger partial charge in [0.1, 0.15) is 0 Å². The van der Waals surface area contributed by atoms with Gasteiger partial charge in [-0.25, -0.2) is 0 Å². The number of nitrogens with one attached hydrogen (secondary N) is 1. The molecule has 0 aliphatic rings. The molecule has 0 unspecified atom stereocenters.